The fourth-order valence-electron chi connectivity index (χ4n) is 5.13. The SMILES string of the molecule is Cc1nnc2n1C1C=C(c3ccn(C4CN(S(=O)(=O)N(C)C)C4)n3)N(Cc3cccc(Cl)c3)C1C=C2. The summed E-state index contributed by atoms with van der Waals surface area (Å²) in [5.74, 6) is 1.71. The van der Waals surface area contributed by atoms with Gasteiger partial charge in [0.25, 0.3) is 10.2 Å². The van der Waals surface area contributed by atoms with E-state index in [1.165, 1.54) is 8.61 Å². The van der Waals surface area contributed by atoms with Crippen LogP contribution >= 0.6 is 11.6 Å². The lowest BCUT2D eigenvalue weighted by Gasteiger charge is -2.39. The van der Waals surface area contributed by atoms with Crippen molar-refractivity contribution in [3.8, 4) is 0 Å². The Bertz CT molecular complexity index is 1490. The van der Waals surface area contributed by atoms with Crippen LogP contribution in [0.2, 0.25) is 5.02 Å². The maximum absolute atomic E-state index is 12.4. The third-order valence-corrected chi connectivity index (χ3v) is 9.19. The molecule has 3 aromatic rings. The molecule has 6 rings (SSSR count). The molecule has 36 heavy (non-hydrogen) atoms. The predicted molar refractivity (Wildman–Crippen MR) is 137 cm³/mol. The summed E-state index contributed by atoms with van der Waals surface area (Å²) >= 11 is 6.28. The number of rotatable bonds is 6. The van der Waals surface area contributed by atoms with Gasteiger partial charge >= 0.3 is 0 Å². The number of benzene rings is 1. The molecule has 3 aliphatic rings. The number of aryl methyl sites for hydroxylation is 1. The van der Waals surface area contributed by atoms with Crippen LogP contribution in [0.15, 0.2) is 48.7 Å². The molecule has 5 heterocycles. The lowest BCUT2D eigenvalue weighted by Crippen LogP contribution is -2.54. The molecule has 2 unspecified atom stereocenters. The fourth-order valence-corrected chi connectivity index (χ4v) is 6.53. The minimum atomic E-state index is -3.41. The first-order chi connectivity index (χ1) is 17.2. The Labute approximate surface area is 215 Å². The maximum atomic E-state index is 12.4. The van der Waals surface area contributed by atoms with Crippen molar-refractivity contribution in [1.29, 1.82) is 0 Å². The summed E-state index contributed by atoms with van der Waals surface area (Å²) in [4.78, 5) is 2.34. The molecule has 1 saturated heterocycles. The van der Waals surface area contributed by atoms with E-state index in [1.54, 1.807) is 14.1 Å². The van der Waals surface area contributed by atoms with Crippen LogP contribution in [0.25, 0.3) is 11.8 Å². The van der Waals surface area contributed by atoms with Crippen molar-refractivity contribution in [3.05, 3.63) is 76.6 Å². The zero-order valence-electron chi connectivity index (χ0n) is 20.2. The zero-order valence-corrected chi connectivity index (χ0v) is 21.8. The average Bonchev–Trinajstić information content (AvgIpc) is 3.50. The zero-order chi connectivity index (χ0) is 25.2. The highest BCUT2D eigenvalue weighted by molar-refractivity contribution is 7.86. The van der Waals surface area contributed by atoms with Gasteiger partial charge in [0.1, 0.15) is 11.5 Å². The lowest BCUT2D eigenvalue weighted by molar-refractivity contribution is 0.182. The summed E-state index contributed by atoms with van der Waals surface area (Å²) in [6.07, 6.45) is 8.37. The van der Waals surface area contributed by atoms with Crippen LogP contribution in [0.4, 0.5) is 0 Å². The molecular formula is C24H27ClN8O2S. The molecule has 1 aromatic carbocycles. The summed E-state index contributed by atoms with van der Waals surface area (Å²) in [5, 5.41) is 14.2. The molecular weight excluding hydrogens is 500 g/mol. The highest BCUT2D eigenvalue weighted by atomic mass is 35.5. The second-order valence-corrected chi connectivity index (χ2v) is 12.1. The van der Waals surface area contributed by atoms with E-state index in [2.05, 4.69) is 37.9 Å². The molecule has 0 amide bonds. The molecule has 12 heteroatoms. The van der Waals surface area contributed by atoms with E-state index in [-0.39, 0.29) is 18.1 Å². The van der Waals surface area contributed by atoms with Crippen LogP contribution in [-0.4, -0.2) is 79.7 Å². The minimum Gasteiger partial charge on any atom is -0.357 e. The molecule has 1 fully saturated rings. The van der Waals surface area contributed by atoms with E-state index in [0.717, 1.165) is 28.6 Å². The van der Waals surface area contributed by atoms with Gasteiger partial charge in [-0.3, -0.25) is 4.68 Å². The molecule has 3 aliphatic heterocycles. The van der Waals surface area contributed by atoms with Gasteiger partial charge in [0.2, 0.25) is 0 Å². The molecule has 0 radical (unpaired) electrons. The highest BCUT2D eigenvalue weighted by Gasteiger charge is 2.41. The molecule has 0 saturated carbocycles. The van der Waals surface area contributed by atoms with Gasteiger partial charge in [-0.15, -0.1) is 10.2 Å². The lowest BCUT2D eigenvalue weighted by atomic mass is 10.1. The van der Waals surface area contributed by atoms with Crippen molar-refractivity contribution < 1.29 is 8.42 Å². The summed E-state index contributed by atoms with van der Waals surface area (Å²) < 4.78 is 31.5. The molecule has 2 aromatic heterocycles. The molecule has 10 nitrogen and oxygen atoms in total. The van der Waals surface area contributed by atoms with Gasteiger partial charge in [0, 0.05) is 44.9 Å². The van der Waals surface area contributed by atoms with Crippen molar-refractivity contribution in [3.63, 3.8) is 0 Å². The van der Waals surface area contributed by atoms with E-state index in [9.17, 15) is 8.42 Å². The predicted octanol–water partition coefficient (Wildman–Crippen LogP) is 2.59. The van der Waals surface area contributed by atoms with Crippen LogP contribution in [0.1, 0.15) is 35.0 Å². The Kier molecular flexibility index (Phi) is 5.56. The van der Waals surface area contributed by atoms with Gasteiger partial charge in [-0.05, 0) is 42.8 Å². The smallest absolute Gasteiger partial charge is 0.281 e. The van der Waals surface area contributed by atoms with Crippen molar-refractivity contribution >= 4 is 33.6 Å². The monoisotopic (exact) mass is 526 g/mol. The summed E-state index contributed by atoms with van der Waals surface area (Å²) in [6, 6.07) is 10.0. The normalized spacial score (nSPS) is 22.0. The molecule has 0 N–H and O–H groups in total. The Hall–Kier alpha value is -2.99. The first-order valence-corrected chi connectivity index (χ1v) is 13.6. The van der Waals surface area contributed by atoms with Crippen molar-refractivity contribution in [2.45, 2.75) is 31.6 Å². The molecule has 0 bridgehead atoms. The first kappa shape index (κ1) is 23.4. The second kappa shape index (κ2) is 8.55. The van der Waals surface area contributed by atoms with Gasteiger partial charge in [-0.1, -0.05) is 29.8 Å². The second-order valence-electron chi connectivity index (χ2n) is 9.57. The Morgan fingerprint density at radius 1 is 1.14 bits per heavy atom. The Morgan fingerprint density at radius 2 is 1.94 bits per heavy atom. The Balaban J connectivity index is 1.31. The van der Waals surface area contributed by atoms with E-state index in [4.69, 9.17) is 16.7 Å². The third-order valence-electron chi connectivity index (χ3n) is 7.08. The van der Waals surface area contributed by atoms with Crippen LogP contribution in [0.5, 0.6) is 0 Å². The first-order valence-electron chi connectivity index (χ1n) is 11.8. The summed E-state index contributed by atoms with van der Waals surface area (Å²) in [7, 11) is -0.309. The largest absolute Gasteiger partial charge is 0.357 e. The van der Waals surface area contributed by atoms with Crippen molar-refractivity contribution in [2.24, 2.45) is 0 Å². The number of hydrogen-bond donors (Lipinski definition) is 0. The van der Waals surface area contributed by atoms with Crippen LogP contribution < -0.4 is 0 Å². The third kappa shape index (κ3) is 3.78. The van der Waals surface area contributed by atoms with Crippen molar-refractivity contribution in [2.75, 3.05) is 27.2 Å². The number of aromatic nitrogens is 5. The standard InChI is InChI=1S/C24H27ClN8O2S/c1-16-26-27-24-8-7-21-23(33(16)24)12-22(31(21)13-17-5-4-6-18(25)11-17)20-9-10-32(28-20)19-14-30(15-19)36(34,35)29(2)3/h4-12,19,21,23H,13-15H2,1-3H3. The van der Waals surface area contributed by atoms with Gasteiger partial charge < -0.3 is 9.47 Å². The maximum Gasteiger partial charge on any atom is 0.281 e. The summed E-state index contributed by atoms with van der Waals surface area (Å²) in [6.45, 7) is 3.45. The Morgan fingerprint density at radius 3 is 2.69 bits per heavy atom. The minimum absolute atomic E-state index is 0.00530. The molecule has 0 spiro atoms. The average molecular weight is 527 g/mol. The number of hydrogen-bond acceptors (Lipinski definition) is 6. The van der Waals surface area contributed by atoms with Gasteiger partial charge in [-0.25, -0.2) is 0 Å². The van der Waals surface area contributed by atoms with Gasteiger partial charge in [-0.2, -0.15) is 22.1 Å². The molecule has 188 valence electrons. The van der Waals surface area contributed by atoms with Crippen molar-refractivity contribution in [1.82, 2.24) is 38.1 Å². The van der Waals surface area contributed by atoms with E-state index < -0.39 is 10.2 Å². The van der Waals surface area contributed by atoms with E-state index >= 15 is 0 Å². The highest BCUT2D eigenvalue weighted by Crippen LogP contribution is 2.41. The molecule has 2 atom stereocenters. The van der Waals surface area contributed by atoms with E-state index in [1.807, 2.05) is 48.1 Å². The fraction of sp³-hybridized carbons (Fsp3) is 0.375. The van der Waals surface area contributed by atoms with Crippen LogP contribution in [0.3, 0.4) is 0 Å². The number of nitrogens with zero attached hydrogens (tertiary/aromatic N) is 8. The van der Waals surface area contributed by atoms with Gasteiger partial charge in [0.05, 0.1) is 23.8 Å². The summed E-state index contributed by atoms with van der Waals surface area (Å²) in [5.41, 5.74) is 2.98. The number of halogens is 1. The number of fused-ring (bicyclic) bond motifs is 3. The van der Waals surface area contributed by atoms with E-state index in [0.29, 0.717) is 24.7 Å². The van der Waals surface area contributed by atoms with Crippen LogP contribution in [0, 0.1) is 6.92 Å². The quantitative estimate of drug-likeness (QED) is 0.490. The van der Waals surface area contributed by atoms with Crippen LogP contribution in [-0.2, 0) is 16.8 Å². The topological polar surface area (TPSA) is 92.4 Å². The van der Waals surface area contributed by atoms with Gasteiger partial charge in [0.15, 0.2) is 5.82 Å². The molecule has 0 aliphatic carbocycles.